The van der Waals surface area contributed by atoms with E-state index in [-0.39, 0.29) is 11.8 Å². The summed E-state index contributed by atoms with van der Waals surface area (Å²) in [6, 6.07) is 9.52. The Morgan fingerprint density at radius 3 is 2.85 bits per heavy atom. The van der Waals surface area contributed by atoms with E-state index in [9.17, 15) is 5.11 Å². The topological polar surface area (TPSA) is 54.2 Å². The van der Waals surface area contributed by atoms with Crippen LogP contribution in [0.1, 0.15) is 44.0 Å². The highest BCUT2D eigenvalue weighted by Gasteiger charge is 2.32. The molecule has 1 fully saturated rings. The Morgan fingerprint density at radius 1 is 1.26 bits per heavy atom. The molecule has 2 aromatic heterocycles. The number of rotatable bonds is 4. The van der Waals surface area contributed by atoms with Crippen molar-refractivity contribution in [1.82, 2.24) is 14.8 Å². The van der Waals surface area contributed by atoms with Crippen molar-refractivity contribution < 1.29 is 5.11 Å². The summed E-state index contributed by atoms with van der Waals surface area (Å²) in [6.07, 6.45) is 2.15. The van der Waals surface area contributed by atoms with Gasteiger partial charge in [-0.2, -0.15) is 5.10 Å². The molecule has 4 rings (SSSR count). The van der Waals surface area contributed by atoms with Gasteiger partial charge in [-0.15, -0.1) is 0 Å². The molecule has 1 unspecified atom stereocenters. The van der Waals surface area contributed by atoms with Crippen LogP contribution in [0, 0.1) is 12.8 Å². The molecule has 0 bridgehead atoms. The van der Waals surface area contributed by atoms with Crippen molar-refractivity contribution in [2.45, 2.75) is 46.2 Å². The Kier molecular flexibility index (Phi) is 4.72. The third-order valence-electron chi connectivity index (χ3n) is 5.19. The summed E-state index contributed by atoms with van der Waals surface area (Å²) >= 11 is 6.74. The highest BCUT2D eigenvalue weighted by atomic mass is 35.5. The van der Waals surface area contributed by atoms with Crippen LogP contribution in [0.25, 0.3) is 10.9 Å². The average molecular weight is 385 g/mol. The van der Waals surface area contributed by atoms with E-state index in [1.807, 2.05) is 29.8 Å². The number of phenols is 1. The van der Waals surface area contributed by atoms with Gasteiger partial charge in [0, 0.05) is 24.0 Å². The number of anilines is 1. The lowest BCUT2D eigenvalue weighted by Gasteiger charge is -2.26. The van der Waals surface area contributed by atoms with E-state index in [0.29, 0.717) is 5.92 Å². The van der Waals surface area contributed by atoms with E-state index < -0.39 is 0 Å². The molecule has 1 aliphatic heterocycles. The fourth-order valence-electron chi connectivity index (χ4n) is 4.02. The molecule has 1 N–H and O–H groups in total. The first kappa shape index (κ1) is 18.1. The highest BCUT2D eigenvalue weighted by Crippen LogP contribution is 2.40. The van der Waals surface area contributed by atoms with Gasteiger partial charge in [0.25, 0.3) is 0 Å². The minimum absolute atomic E-state index is 0.195. The van der Waals surface area contributed by atoms with Crippen LogP contribution in [0.2, 0.25) is 5.15 Å². The van der Waals surface area contributed by atoms with Gasteiger partial charge in [-0.3, -0.25) is 4.68 Å². The normalized spacial score (nSPS) is 17.4. The number of aryl methyl sites for hydroxylation is 1. The van der Waals surface area contributed by atoms with E-state index >= 15 is 0 Å². The van der Waals surface area contributed by atoms with Gasteiger partial charge in [-0.25, -0.2) is 4.98 Å². The summed E-state index contributed by atoms with van der Waals surface area (Å²) in [5.41, 5.74) is 3.01. The molecule has 3 aromatic rings. The van der Waals surface area contributed by atoms with E-state index in [0.717, 1.165) is 59.1 Å². The van der Waals surface area contributed by atoms with Crippen molar-refractivity contribution in [1.29, 1.82) is 0 Å². The quantitative estimate of drug-likeness (QED) is 0.680. The maximum Gasteiger partial charge on any atom is 0.132 e. The summed E-state index contributed by atoms with van der Waals surface area (Å²) in [5.74, 6) is 1.70. The molecule has 142 valence electrons. The van der Waals surface area contributed by atoms with Gasteiger partial charge >= 0.3 is 0 Å². The van der Waals surface area contributed by atoms with Crippen molar-refractivity contribution in [2.24, 2.45) is 5.92 Å². The number of aromatic nitrogens is 3. The number of phenolic OH excluding ortho intramolecular Hbond substituents is 1. The number of benzene rings is 1. The molecule has 0 radical (unpaired) electrons. The largest absolute Gasteiger partial charge is 0.508 e. The molecular formula is C21H25ClN4O. The SMILES string of the molecule is Cc1nn(CC(C)C)c(Cl)c1C1CCCN1c1ccc2cc(O)ccc2n1. The van der Waals surface area contributed by atoms with Gasteiger partial charge < -0.3 is 10.0 Å². The summed E-state index contributed by atoms with van der Waals surface area (Å²) in [5, 5.41) is 16.0. The second-order valence-electron chi connectivity index (χ2n) is 7.76. The molecule has 0 spiro atoms. The van der Waals surface area contributed by atoms with Crippen molar-refractivity contribution >= 4 is 28.3 Å². The predicted octanol–water partition coefficient (Wildman–Crippen LogP) is 5.10. The monoisotopic (exact) mass is 384 g/mol. The minimum atomic E-state index is 0.195. The molecule has 1 saturated heterocycles. The Morgan fingerprint density at radius 2 is 2.07 bits per heavy atom. The average Bonchev–Trinajstić information content (AvgIpc) is 3.19. The van der Waals surface area contributed by atoms with Gasteiger partial charge in [0.2, 0.25) is 0 Å². The summed E-state index contributed by atoms with van der Waals surface area (Å²) < 4.78 is 1.93. The molecule has 1 aliphatic rings. The summed E-state index contributed by atoms with van der Waals surface area (Å²) in [4.78, 5) is 7.17. The van der Waals surface area contributed by atoms with Gasteiger partial charge in [0.15, 0.2) is 0 Å². The highest BCUT2D eigenvalue weighted by molar-refractivity contribution is 6.30. The summed E-state index contributed by atoms with van der Waals surface area (Å²) in [7, 11) is 0. The second-order valence-corrected chi connectivity index (χ2v) is 8.12. The first-order chi connectivity index (χ1) is 12.9. The number of hydrogen-bond acceptors (Lipinski definition) is 4. The van der Waals surface area contributed by atoms with Crippen LogP contribution >= 0.6 is 11.6 Å². The fraction of sp³-hybridized carbons (Fsp3) is 0.429. The van der Waals surface area contributed by atoms with Gasteiger partial charge in [-0.05, 0) is 56.0 Å². The van der Waals surface area contributed by atoms with E-state index in [2.05, 4.69) is 18.7 Å². The number of halogens is 1. The van der Waals surface area contributed by atoms with Gasteiger partial charge in [0.1, 0.15) is 16.7 Å². The molecule has 0 aliphatic carbocycles. The zero-order valence-corrected chi connectivity index (χ0v) is 16.7. The standard InChI is InChI=1S/C21H25ClN4O/c1-13(2)12-26-21(22)20(14(3)24-26)18-5-4-10-25(18)19-9-6-15-11-16(27)7-8-17(15)23-19/h6-9,11,13,18,27H,4-5,10,12H2,1-3H3. The van der Waals surface area contributed by atoms with Crippen LogP contribution in [0.15, 0.2) is 30.3 Å². The Balaban J connectivity index is 1.71. The smallest absolute Gasteiger partial charge is 0.132 e. The zero-order chi connectivity index (χ0) is 19.1. The third kappa shape index (κ3) is 3.36. The maximum absolute atomic E-state index is 9.67. The van der Waals surface area contributed by atoms with Crippen LogP contribution in [-0.2, 0) is 6.54 Å². The number of aromatic hydroxyl groups is 1. The maximum atomic E-state index is 9.67. The Labute approximate surface area is 164 Å². The van der Waals surface area contributed by atoms with Crippen molar-refractivity contribution in [2.75, 3.05) is 11.4 Å². The zero-order valence-electron chi connectivity index (χ0n) is 16.0. The lowest BCUT2D eigenvalue weighted by molar-refractivity contribution is 0.476. The number of nitrogens with zero attached hydrogens (tertiary/aromatic N) is 4. The minimum Gasteiger partial charge on any atom is -0.508 e. The molecule has 3 heterocycles. The molecular weight excluding hydrogens is 360 g/mol. The predicted molar refractivity (Wildman–Crippen MR) is 110 cm³/mol. The Bertz CT molecular complexity index is 982. The van der Waals surface area contributed by atoms with Crippen LogP contribution in [-0.4, -0.2) is 26.4 Å². The summed E-state index contributed by atoms with van der Waals surface area (Å²) in [6.45, 7) is 8.17. The molecule has 6 heteroatoms. The van der Waals surface area contributed by atoms with E-state index in [1.54, 1.807) is 12.1 Å². The molecule has 0 saturated carbocycles. The number of fused-ring (bicyclic) bond motifs is 1. The molecule has 5 nitrogen and oxygen atoms in total. The lowest BCUT2D eigenvalue weighted by atomic mass is 10.1. The second kappa shape index (κ2) is 7.04. The third-order valence-corrected chi connectivity index (χ3v) is 5.58. The molecule has 1 atom stereocenters. The van der Waals surface area contributed by atoms with Crippen molar-refractivity contribution in [3.63, 3.8) is 0 Å². The number of pyridine rings is 1. The first-order valence-electron chi connectivity index (χ1n) is 9.53. The van der Waals surface area contributed by atoms with Gasteiger partial charge in [0.05, 0.1) is 17.3 Å². The first-order valence-corrected chi connectivity index (χ1v) is 9.91. The molecule has 1 aromatic carbocycles. The van der Waals surface area contributed by atoms with Crippen molar-refractivity contribution in [3.8, 4) is 5.75 Å². The van der Waals surface area contributed by atoms with E-state index in [1.165, 1.54) is 0 Å². The van der Waals surface area contributed by atoms with Crippen LogP contribution in [0.5, 0.6) is 5.75 Å². The molecule has 27 heavy (non-hydrogen) atoms. The molecule has 0 amide bonds. The number of hydrogen-bond donors (Lipinski definition) is 1. The fourth-order valence-corrected chi connectivity index (χ4v) is 4.39. The van der Waals surface area contributed by atoms with Crippen LogP contribution < -0.4 is 4.90 Å². The van der Waals surface area contributed by atoms with E-state index in [4.69, 9.17) is 21.7 Å². The van der Waals surface area contributed by atoms with Crippen LogP contribution in [0.3, 0.4) is 0 Å². The van der Waals surface area contributed by atoms with Crippen molar-refractivity contribution in [3.05, 3.63) is 46.7 Å². The van der Waals surface area contributed by atoms with Crippen LogP contribution in [0.4, 0.5) is 5.82 Å². The van der Waals surface area contributed by atoms with Gasteiger partial charge in [-0.1, -0.05) is 25.4 Å². The Hall–Kier alpha value is -2.27. The lowest BCUT2D eigenvalue weighted by Crippen LogP contribution is -2.24.